The molecule has 1 aromatic rings. The van der Waals surface area contributed by atoms with Crippen molar-refractivity contribution in [1.82, 2.24) is 10.4 Å². The van der Waals surface area contributed by atoms with Gasteiger partial charge in [-0.1, -0.05) is 13.3 Å². The zero-order valence-electron chi connectivity index (χ0n) is 12.9. The van der Waals surface area contributed by atoms with E-state index in [1.165, 1.54) is 6.07 Å². The van der Waals surface area contributed by atoms with Gasteiger partial charge in [-0.2, -0.15) is 0 Å². The standard InChI is InChI=1S/C16H19N3O4/c1-16(5-2-6-16)15(22)19-8-11-7-10(14(21)18-23)3-4-12(11)17-13(20)9-19/h3-4,7,23H,2,5-6,8-9H2,1H3,(H,17,20)(H,18,21). The van der Waals surface area contributed by atoms with Crippen LogP contribution in [-0.4, -0.2) is 34.4 Å². The van der Waals surface area contributed by atoms with Crippen LogP contribution < -0.4 is 10.8 Å². The van der Waals surface area contributed by atoms with Crippen LogP contribution in [0.3, 0.4) is 0 Å². The summed E-state index contributed by atoms with van der Waals surface area (Å²) in [5, 5.41) is 11.5. The van der Waals surface area contributed by atoms with Gasteiger partial charge in [-0.3, -0.25) is 19.6 Å². The number of hydrogen-bond donors (Lipinski definition) is 3. The Hall–Kier alpha value is -2.41. The first-order valence-corrected chi connectivity index (χ1v) is 7.59. The Labute approximate surface area is 133 Å². The fourth-order valence-corrected chi connectivity index (χ4v) is 3.12. The molecule has 0 unspecified atom stereocenters. The van der Waals surface area contributed by atoms with Crippen molar-refractivity contribution in [2.45, 2.75) is 32.7 Å². The van der Waals surface area contributed by atoms with Crippen LogP contribution in [-0.2, 0) is 16.1 Å². The zero-order valence-corrected chi connectivity index (χ0v) is 12.9. The molecule has 1 aliphatic carbocycles. The molecule has 0 aromatic heterocycles. The molecule has 1 aliphatic heterocycles. The van der Waals surface area contributed by atoms with Crippen molar-refractivity contribution in [3.8, 4) is 0 Å². The van der Waals surface area contributed by atoms with E-state index < -0.39 is 5.91 Å². The minimum absolute atomic E-state index is 0.00460. The molecule has 1 fully saturated rings. The van der Waals surface area contributed by atoms with Crippen molar-refractivity contribution in [3.05, 3.63) is 29.3 Å². The first-order valence-electron chi connectivity index (χ1n) is 7.59. The van der Waals surface area contributed by atoms with Gasteiger partial charge in [0.15, 0.2) is 0 Å². The summed E-state index contributed by atoms with van der Waals surface area (Å²) >= 11 is 0. The molecule has 0 atom stereocenters. The van der Waals surface area contributed by atoms with Gasteiger partial charge in [-0.15, -0.1) is 0 Å². The summed E-state index contributed by atoms with van der Waals surface area (Å²) in [4.78, 5) is 37.8. The number of nitrogens with one attached hydrogen (secondary N) is 2. The number of hydroxylamine groups is 1. The van der Waals surface area contributed by atoms with Gasteiger partial charge in [-0.25, -0.2) is 5.48 Å². The molecule has 0 spiro atoms. The summed E-state index contributed by atoms with van der Waals surface area (Å²) in [5.41, 5.74) is 2.72. The third-order valence-electron chi connectivity index (χ3n) is 4.70. The summed E-state index contributed by atoms with van der Waals surface area (Å²) in [5.74, 6) is -0.907. The van der Waals surface area contributed by atoms with E-state index in [4.69, 9.17) is 5.21 Å². The van der Waals surface area contributed by atoms with Gasteiger partial charge in [0.1, 0.15) is 6.54 Å². The number of nitrogens with zero attached hydrogens (tertiary/aromatic N) is 1. The van der Waals surface area contributed by atoms with Crippen molar-refractivity contribution in [1.29, 1.82) is 0 Å². The number of hydrogen-bond acceptors (Lipinski definition) is 4. The van der Waals surface area contributed by atoms with E-state index in [0.29, 0.717) is 11.3 Å². The van der Waals surface area contributed by atoms with Crippen LogP contribution in [0, 0.1) is 5.41 Å². The quantitative estimate of drug-likeness (QED) is 0.565. The highest BCUT2D eigenvalue weighted by molar-refractivity contribution is 5.99. The van der Waals surface area contributed by atoms with E-state index in [0.717, 1.165) is 19.3 Å². The molecule has 122 valence electrons. The van der Waals surface area contributed by atoms with Crippen molar-refractivity contribution in [3.63, 3.8) is 0 Å². The molecule has 0 radical (unpaired) electrons. The molecule has 0 saturated heterocycles. The molecule has 1 heterocycles. The highest BCUT2D eigenvalue weighted by Crippen LogP contribution is 2.42. The number of amides is 3. The van der Waals surface area contributed by atoms with Crippen molar-refractivity contribution >= 4 is 23.4 Å². The van der Waals surface area contributed by atoms with E-state index in [-0.39, 0.29) is 35.9 Å². The minimum atomic E-state index is -0.632. The molecule has 0 bridgehead atoms. The topological polar surface area (TPSA) is 98.7 Å². The number of rotatable bonds is 2. The van der Waals surface area contributed by atoms with Gasteiger partial charge in [-0.05, 0) is 36.6 Å². The van der Waals surface area contributed by atoms with Gasteiger partial charge in [0, 0.05) is 23.2 Å². The third kappa shape index (κ3) is 2.79. The van der Waals surface area contributed by atoms with Crippen LogP contribution in [0.25, 0.3) is 0 Å². The second-order valence-corrected chi connectivity index (χ2v) is 6.44. The minimum Gasteiger partial charge on any atom is -0.328 e. The summed E-state index contributed by atoms with van der Waals surface area (Å²) in [7, 11) is 0. The molecule has 3 rings (SSSR count). The Morgan fingerprint density at radius 2 is 2.04 bits per heavy atom. The first-order chi connectivity index (χ1) is 10.9. The monoisotopic (exact) mass is 317 g/mol. The average molecular weight is 317 g/mol. The number of anilines is 1. The summed E-state index contributed by atoms with van der Waals surface area (Å²) < 4.78 is 0. The predicted molar refractivity (Wildman–Crippen MR) is 81.7 cm³/mol. The maximum atomic E-state index is 12.7. The molecule has 2 aliphatic rings. The second-order valence-electron chi connectivity index (χ2n) is 6.44. The number of benzene rings is 1. The lowest BCUT2D eigenvalue weighted by Crippen LogP contribution is -2.47. The van der Waals surface area contributed by atoms with Gasteiger partial charge in [0.25, 0.3) is 5.91 Å². The van der Waals surface area contributed by atoms with E-state index in [1.54, 1.807) is 22.5 Å². The van der Waals surface area contributed by atoms with Gasteiger partial charge < -0.3 is 10.2 Å². The molecule has 7 nitrogen and oxygen atoms in total. The molecule has 23 heavy (non-hydrogen) atoms. The Bertz CT molecular complexity index is 682. The predicted octanol–water partition coefficient (Wildman–Crippen LogP) is 1.28. The number of carbonyl (C=O) groups excluding carboxylic acids is 3. The molecule has 1 saturated carbocycles. The SMILES string of the molecule is CC1(C(=O)N2CC(=O)Nc3ccc(C(=O)NO)cc3C2)CCC1. The summed E-state index contributed by atoms with van der Waals surface area (Å²) in [6.07, 6.45) is 2.70. The number of carbonyl (C=O) groups is 3. The lowest BCUT2D eigenvalue weighted by molar-refractivity contribution is -0.148. The Kier molecular flexibility index (Phi) is 3.81. The van der Waals surface area contributed by atoms with E-state index in [1.807, 2.05) is 6.92 Å². The second kappa shape index (κ2) is 5.66. The molecular formula is C16H19N3O4. The molecule has 3 amide bonds. The largest absolute Gasteiger partial charge is 0.328 e. The Morgan fingerprint density at radius 1 is 1.30 bits per heavy atom. The van der Waals surface area contributed by atoms with Crippen LogP contribution >= 0.6 is 0 Å². The number of fused-ring (bicyclic) bond motifs is 1. The maximum absolute atomic E-state index is 12.7. The molecule has 1 aromatic carbocycles. The maximum Gasteiger partial charge on any atom is 0.274 e. The highest BCUT2D eigenvalue weighted by atomic mass is 16.5. The van der Waals surface area contributed by atoms with Crippen LogP contribution in [0.2, 0.25) is 0 Å². The van der Waals surface area contributed by atoms with Crippen molar-refractivity contribution < 1.29 is 19.6 Å². The normalized spacial score (nSPS) is 19.0. The van der Waals surface area contributed by atoms with Crippen LogP contribution in [0.5, 0.6) is 0 Å². The fourth-order valence-electron chi connectivity index (χ4n) is 3.12. The van der Waals surface area contributed by atoms with E-state index >= 15 is 0 Å². The fraction of sp³-hybridized carbons (Fsp3) is 0.438. The zero-order chi connectivity index (χ0) is 16.6. The first kappa shape index (κ1) is 15.5. The third-order valence-corrected chi connectivity index (χ3v) is 4.70. The van der Waals surface area contributed by atoms with Gasteiger partial charge >= 0.3 is 0 Å². The van der Waals surface area contributed by atoms with Gasteiger partial charge in [0.2, 0.25) is 11.8 Å². The van der Waals surface area contributed by atoms with E-state index in [2.05, 4.69) is 5.32 Å². The van der Waals surface area contributed by atoms with E-state index in [9.17, 15) is 14.4 Å². The van der Waals surface area contributed by atoms with Crippen LogP contribution in [0.15, 0.2) is 18.2 Å². The Morgan fingerprint density at radius 3 is 2.65 bits per heavy atom. The Balaban J connectivity index is 1.91. The average Bonchev–Trinajstić information content (AvgIpc) is 2.68. The van der Waals surface area contributed by atoms with Crippen LogP contribution in [0.1, 0.15) is 42.1 Å². The molecule has 7 heteroatoms. The van der Waals surface area contributed by atoms with Crippen LogP contribution in [0.4, 0.5) is 5.69 Å². The van der Waals surface area contributed by atoms with Crippen molar-refractivity contribution in [2.24, 2.45) is 5.41 Å². The van der Waals surface area contributed by atoms with Gasteiger partial charge in [0.05, 0.1) is 0 Å². The lowest BCUT2D eigenvalue weighted by Gasteiger charge is -2.40. The summed E-state index contributed by atoms with van der Waals surface area (Å²) in [6, 6.07) is 4.70. The molecule has 3 N–H and O–H groups in total. The smallest absolute Gasteiger partial charge is 0.274 e. The summed E-state index contributed by atoms with van der Waals surface area (Å²) in [6.45, 7) is 2.19. The highest BCUT2D eigenvalue weighted by Gasteiger charge is 2.42. The molecular weight excluding hydrogens is 298 g/mol. The lowest BCUT2D eigenvalue weighted by atomic mass is 9.69. The van der Waals surface area contributed by atoms with Crippen molar-refractivity contribution in [2.75, 3.05) is 11.9 Å².